The van der Waals surface area contributed by atoms with Crippen LogP contribution in [0, 0.1) is 0 Å². The van der Waals surface area contributed by atoms with Crippen LogP contribution in [0.1, 0.15) is 49.5 Å². The van der Waals surface area contributed by atoms with Gasteiger partial charge in [0.2, 0.25) is 11.8 Å². The maximum Gasteiger partial charge on any atom is 0.245 e. The van der Waals surface area contributed by atoms with Gasteiger partial charge in [-0.2, -0.15) is 0 Å². The molecule has 1 aromatic heterocycles. The number of aromatic nitrogens is 1. The maximum atomic E-state index is 13.6. The van der Waals surface area contributed by atoms with Gasteiger partial charge in [-0.15, -0.1) is 0 Å². The number of carbonyl (C=O) groups excluding carboxylic acids is 3. The van der Waals surface area contributed by atoms with Crippen molar-refractivity contribution in [3.05, 3.63) is 65.9 Å². The molecule has 36 heavy (non-hydrogen) atoms. The lowest BCUT2D eigenvalue weighted by atomic mass is 9.98. The van der Waals surface area contributed by atoms with Gasteiger partial charge in [0, 0.05) is 53.9 Å². The molecule has 1 atom stereocenters. The van der Waals surface area contributed by atoms with Gasteiger partial charge in [0.25, 0.3) is 0 Å². The summed E-state index contributed by atoms with van der Waals surface area (Å²) in [7, 11) is 0. The second kappa shape index (κ2) is 10.5. The fraction of sp³-hybridized carbons (Fsp3) is 0.393. The van der Waals surface area contributed by atoms with Gasteiger partial charge in [-0.25, -0.2) is 0 Å². The van der Waals surface area contributed by atoms with Crippen molar-refractivity contribution in [3.8, 4) is 0 Å². The van der Waals surface area contributed by atoms with Gasteiger partial charge >= 0.3 is 0 Å². The Morgan fingerprint density at radius 2 is 1.75 bits per heavy atom. The molecule has 2 heterocycles. The monoisotopic (exact) mass is 489 g/mol. The number of carbonyl (C=O) groups is 3. The van der Waals surface area contributed by atoms with E-state index in [2.05, 4.69) is 15.6 Å². The number of fused-ring (bicyclic) bond motifs is 1. The Balaban J connectivity index is 1.46. The van der Waals surface area contributed by atoms with Crippen molar-refractivity contribution < 1.29 is 14.4 Å². The summed E-state index contributed by atoms with van der Waals surface area (Å²) < 4.78 is 0. The normalized spacial score (nSPS) is 15.5. The molecule has 0 radical (unpaired) electrons. The molecule has 8 nitrogen and oxygen atoms in total. The van der Waals surface area contributed by atoms with Gasteiger partial charge in [0.15, 0.2) is 5.78 Å². The molecule has 3 aromatic rings. The van der Waals surface area contributed by atoms with Gasteiger partial charge in [0.1, 0.15) is 6.04 Å². The van der Waals surface area contributed by atoms with Crippen LogP contribution in [0.2, 0.25) is 0 Å². The predicted octanol–water partition coefficient (Wildman–Crippen LogP) is 3.24. The first-order valence-corrected chi connectivity index (χ1v) is 12.4. The molecule has 1 aliphatic rings. The van der Waals surface area contributed by atoms with E-state index in [1.165, 1.54) is 0 Å². The summed E-state index contributed by atoms with van der Waals surface area (Å²) in [5.74, 6) is -0.456. The third kappa shape index (κ3) is 5.76. The Morgan fingerprint density at radius 1 is 1.08 bits per heavy atom. The lowest BCUT2D eigenvalue weighted by Crippen LogP contribution is -2.58. The van der Waals surface area contributed by atoms with Crippen LogP contribution in [0.4, 0.5) is 5.69 Å². The third-order valence-corrected chi connectivity index (χ3v) is 6.76. The number of anilines is 1. The highest BCUT2D eigenvalue weighted by Gasteiger charge is 2.33. The summed E-state index contributed by atoms with van der Waals surface area (Å²) >= 11 is 0. The van der Waals surface area contributed by atoms with Crippen LogP contribution in [-0.2, 0) is 16.0 Å². The number of aromatic amines is 1. The van der Waals surface area contributed by atoms with Gasteiger partial charge in [-0.05, 0) is 57.4 Å². The summed E-state index contributed by atoms with van der Waals surface area (Å²) in [6.07, 6.45) is 3.75. The number of rotatable bonds is 8. The first kappa shape index (κ1) is 25.4. The molecule has 5 N–H and O–H groups in total. The first-order chi connectivity index (χ1) is 17.1. The van der Waals surface area contributed by atoms with Crippen molar-refractivity contribution in [1.29, 1.82) is 0 Å². The lowest BCUT2D eigenvalue weighted by Gasteiger charge is -2.35. The third-order valence-electron chi connectivity index (χ3n) is 6.76. The van der Waals surface area contributed by atoms with Gasteiger partial charge in [-0.3, -0.25) is 14.4 Å². The van der Waals surface area contributed by atoms with Crippen LogP contribution in [-0.4, -0.2) is 58.2 Å². The van der Waals surface area contributed by atoms with Gasteiger partial charge in [0.05, 0.1) is 5.54 Å². The van der Waals surface area contributed by atoms with Crippen LogP contribution < -0.4 is 16.4 Å². The molecule has 0 bridgehead atoms. The lowest BCUT2D eigenvalue weighted by molar-refractivity contribution is -0.138. The fourth-order valence-electron chi connectivity index (χ4n) is 4.67. The second-order valence-electron chi connectivity index (χ2n) is 10.2. The second-order valence-corrected chi connectivity index (χ2v) is 10.2. The molecule has 1 aliphatic heterocycles. The van der Waals surface area contributed by atoms with E-state index in [-0.39, 0.29) is 23.6 Å². The number of hydrogen-bond donors (Lipinski definition) is 4. The first-order valence-electron chi connectivity index (χ1n) is 12.4. The van der Waals surface area contributed by atoms with Crippen LogP contribution in [0.3, 0.4) is 0 Å². The summed E-state index contributed by atoms with van der Waals surface area (Å²) in [5.41, 5.74) is 8.37. The molecule has 8 heteroatoms. The Morgan fingerprint density at radius 3 is 2.44 bits per heavy atom. The number of H-pyrrole nitrogens is 1. The highest BCUT2D eigenvalue weighted by molar-refractivity contribution is 5.99. The molecule has 1 fully saturated rings. The average molecular weight is 490 g/mol. The molecular formula is C28H35N5O3. The molecule has 0 spiro atoms. The Labute approximate surface area is 211 Å². The van der Waals surface area contributed by atoms with Crippen LogP contribution >= 0.6 is 0 Å². The number of likely N-dealkylation sites (tertiary alicyclic amines) is 1. The van der Waals surface area contributed by atoms with Crippen molar-refractivity contribution in [2.45, 2.75) is 57.7 Å². The van der Waals surface area contributed by atoms with Crippen LogP contribution in [0.25, 0.3) is 10.9 Å². The molecule has 2 amide bonds. The molecule has 1 saturated heterocycles. The zero-order valence-corrected chi connectivity index (χ0v) is 21.1. The van der Waals surface area contributed by atoms with Crippen LogP contribution in [0.5, 0.6) is 0 Å². The summed E-state index contributed by atoms with van der Waals surface area (Å²) in [4.78, 5) is 43.4. The minimum atomic E-state index is -1.10. The molecule has 1 unspecified atom stereocenters. The highest BCUT2D eigenvalue weighted by Crippen LogP contribution is 2.23. The van der Waals surface area contributed by atoms with E-state index in [1.807, 2.05) is 59.6 Å². The standard InChI is InChI=1S/C28H35N5O3/c1-18(34)21-8-4-7-11-24(21)31-20-12-14-33(15-13-20)26(35)25(32-27(36)28(2,3)29)16-19-17-30-23-10-6-5-9-22(19)23/h4-11,17,20,25,30-31H,12-16,29H2,1-3H3,(H,32,36). The van der Waals surface area contributed by atoms with E-state index in [0.29, 0.717) is 25.1 Å². The molecule has 190 valence electrons. The largest absolute Gasteiger partial charge is 0.382 e. The van der Waals surface area contributed by atoms with E-state index in [0.717, 1.165) is 35.0 Å². The smallest absolute Gasteiger partial charge is 0.245 e. The number of nitrogens with one attached hydrogen (secondary N) is 3. The quantitative estimate of drug-likeness (QED) is 0.362. The number of piperidine rings is 1. The summed E-state index contributed by atoms with van der Waals surface area (Å²) in [5, 5.41) is 7.42. The number of nitrogens with two attached hydrogens (primary N) is 1. The number of Topliss-reactive ketones (excluding diaryl/α,β-unsaturated/α-hetero) is 1. The predicted molar refractivity (Wildman–Crippen MR) is 142 cm³/mol. The van der Waals surface area contributed by atoms with E-state index in [9.17, 15) is 14.4 Å². The van der Waals surface area contributed by atoms with E-state index >= 15 is 0 Å². The Kier molecular flexibility index (Phi) is 7.45. The molecule has 0 aliphatic carbocycles. The highest BCUT2D eigenvalue weighted by atomic mass is 16.2. The van der Waals surface area contributed by atoms with Crippen molar-refractivity contribution in [2.24, 2.45) is 5.73 Å². The van der Waals surface area contributed by atoms with E-state index in [4.69, 9.17) is 5.73 Å². The van der Waals surface area contributed by atoms with E-state index in [1.54, 1.807) is 20.8 Å². The number of hydrogen-bond acceptors (Lipinski definition) is 5. The Bertz CT molecular complexity index is 1250. The van der Waals surface area contributed by atoms with Gasteiger partial charge in [-0.1, -0.05) is 30.3 Å². The SMILES string of the molecule is CC(=O)c1ccccc1NC1CCN(C(=O)C(Cc2c[nH]c3ccccc23)NC(=O)C(C)(C)N)CC1. The van der Waals surface area contributed by atoms with Crippen molar-refractivity contribution in [2.75, 3.05) is 18.4 Å². The van der Waals surface area contributed by atoms with Crippen LogP contribution in [0.15, 0.2) is 54.7 Å². The minimum Gasteiger partial charge on any atom is -0.382 e. The Hall–Kier alpha value is -3.65. The maximum absolute atomic E-state index is 13.6. The number of amides is 2. The zero-order chi connectivity index (χ0) is 25.9. The number of benzene rings is 2. The molecule has 4 rings (SSSR count). The van der Waals surface area contributed by atoms with Crippen molar-refractivity contribution in [1.82, 2.24) is 15.2 Å². The molecular weight excluding hydrogens is 454 g/mol. The van der Waals surface area contributed by atoms with Crippen molar-refractivity contribution >= 4 is 34.2 Å². The average Bonchev–Trinajstić information content (AvgIpc) is 3.26. The summed E-state index contributed by atoms with van der Waals surface area (Å²) in [6.45, 7) is 5.94. The molecule has 2 aromatic carbocycles. The van der Waals surface area contributed by atoms with E-state index < -0.39 is 11.6 Å². The van der Waals surface area contributed by atoms with Gasteiger partial charge < -0.3 is 26.3 Å². The number of para-hydroxylation sites is 2. The zero-order valence-electron chi connectivity index (χ0n) is 21.1. The topological polar surface area (TPSA) is 120 Å². The number of ketones is 1. The molecule has 0 saturated carbocycles. The minimum absolute atomic E-state index is 0.0180. The fourth-order valence-corrected chi connectivity index (χ4v) is 4.67. The number of nitrogens with zero attached hydrogens (tertiary/aromatic N) is 1. The van der Waals surface area contributed by atoms with Crippen molar-refractivity contribution in [3.63, 3.8) is 0 Å². The summed E-state index contributed by atoms with van der Waals surface area (Å²) in [6, 6.07) is 14.8.